The molecule has 2 heteroatoms. The highest BCUT2D eigenvalue weighted by Crippen LogP contribution is 2.59. The topological polar surface area (TPSA) is 8.17 Å². The second kappa shape index (κ2) is 8.74. The molecule has 0 radical (unpaired) electrons. The molecular weight excluding hydrogens is 556 g/mol. The molecule has 2 nitrogen and oxygen atoms in total. The molecule has 1 aromatic heterocycles. The zero-order valence-corrected chi connectivity index (χ0v) is 24.9. The van der Waals surface area contributed by atoms with Crippen LogP contribution in [0.2, 0.25) is 0 Å². The number of para-hydroxylation sites is 2. The first-order valence-electron chi connectivity index (χ1n) is 15.9. The van der Waals surface area contributed by atoms with Crippen LogP contribution in [0, 0.1) is 0 Å². The summed E-state index contributed by atoms with van der Waals surface area (Å²) in [5.74, 6) is 0. The van der Waals surface area contributed by atoms with Crippen LogP contribution in [0.15, 0.2) is 158 Å². The highest BCUT2D eigenvalue weighted by atomic mass is 15.2. The predicted molar refractivity (Wildman–Crippen MR) is 194 cm³/mol. The number of benzene rings is 8. The number of anilines is 3. The maximum atomic E-state index is 2.52. The molecule has 0 amide bonds. The second-order valence-electron chi connectivity index (χ2n) is 12.5. The van der Waals surface area contributed by atoms with E-state index >= 15 is 0 Å². The van der Waals surface area contributed by atoms with E-state index in [4.69, 9.17) is 0 Å². The van der Waals surface area contributed by atoms with E-state index in [9.17, 15) is 0 Å². The molecule has 0 aliphatic carbocycles. The summed E-state index contributed by atoms with van der Waals surface area (Å²) < 4.78 is 2.38. The quantitative estimate of drug-likeness (QED) is 0.197. The maximum absolute atomic E-state index is 2.52. The zero-order chi connectivity index (χ0) is 29.9. The molecule has 0 bridgehead atoms. The molecule has 46 heavy (non-hydrogen) atoms. The monoisotopic (exact) mass is 582 g/mol. The third-order valence-electron chi connectivity index (χ3n) is 10.2. The van der Waals surface area contributed by atoms with E-state index in [1.807, 2.05) is 0 Å². The van der Waals surface area contributed by atoms with Gasteiger partial charge in [-0.15, -0.1) is 0 Å². The Hall–Kier alpha value is -6.12. The summed E-state index contributed by atoms with van der Waals surface area (Å²) in [6.45, 7) is 0. The number of rotatable bonds is 2. The van der Waals surface area contributed by atoms with E-state index in [2.05, 4.69) is 167 Å². The average Bonchev–Trinajstić information content (AvgIpc) is 3.45. The van der Waals surface area contributed by atoms with Gasteiger partial charge in [0, 0.05) is 38.4 Å². The summed E-state index contributed by atoms with van der Waals surface area (Å²) >= 11 is 0. The molecule has 0 saturated heterocycles. The van der Waals surface area contributed by atoms with Crippen molar-refractivity contribution in [2.24, 2.45) is 0 Å². The summed E-state index contributed by atoms with van der Waals surface area (Å²) in [5.41, 5.74) is 15.1. The molecule has 2 aliphatic heterocycles. The van der Waals surface area contributed by atoms with Gasteiger partial charge in [-0.1, -0.05) is 109 Å². The second-order valence-corrected chi connectivity index (χ2v) is 12.5. The van der Waals surface area contributed by atoms with Gasteiger partial charge in [-0.25, -0.2) is 0 Å². The molecule has 3 heterocycles. The van der Waals surface area contributed by atoms with Crippen molar-refractivity contribution < 1.29 is 0 Å². The molecule has 0 atom stereocenters. The zero-order valence-electron chi connectivity index (χ0n) is 24.9. The molecule has 9 aromatic rings. The molecule has 212 valence electrons. The molecule has 2 aliphatic rings. The van der Waals surface area contributed by atoms with Crippen LogP contribution < -0.4 is 4.90 Å². The fourth-order valence-corrected chi connectivity index (χ4v) is 8.27. The first kappa shape index (κ1) is 24.2. The molecule has 0 N–H and O–H groups in total. The number of fused-ring (bicyclic) bond motifs is 8. The smallest absolute Gasteiger partial charge is 0.0625 e. The Morgan fingerprint density at radius 3 is 1.93 bits per heavy atom. The van der Waals surface area contributed by atoms with Crippen molar-refractivity contribution in [3.05, 3.63) is 158 Å². The van der Waals surface area contributed by atoms with Crippen LogP contribution in [0.25, 0.3) is 82.4 Å². The standard InChI is InChI=1S/C44H26N2/c1-2-12-31(13-3-1)45-38-17-5-4-14-32(38)36-25-29(20-23-39(36)45)30-21-24-40-37(26-30)34-16-7-10-28-19-22-35-33-15-6-9-27-11-8-18-41(42(27)33)46(40)44(35)43(28)34/h1-26H. The summed E-state index contributed by atoms with van der Waals surface area (Å²) in [7, 11) is 0. The van der Waals surface area contributed by atoms with E-state index in [-0.39, 0.29) is 0 Å². The Bertz CT molecular complexity index is 2740. The molecular formula is C44H26N2. The highest BCUT2D eigenvalue weighted by molar-refractivity contribution is 6.24. The van der Waals surface area contributed by atoms with E-state index in [0.717, 1.165) is 0 Å². The predicted octanol–water partition coefficient (Wildman–Crippen LogP) is 12.2. The Kier molecular flexibility index (Phi) is 4.61. The minimum absolute atomic E-state index is 1.18. The molecule has 11 rings (SSSR count). The minimum atomic E-state index is 1.18. The van der Waals surface area contributed by atoms with Gasteiger partial charge < -0.3 is 9.47 Å². The van der Waals surface area contributed by atoms with Gasteiger partial charge in [0.2, 0.25) is 0 Å². The van der Waals surface area contributed by atoms with Crippen molar-refractivity contribution in [1.82, 2.24) is 4.57 Å². The van der Waals surface area contributed by atoms with Crippen LogP contribution >= 0.6 is 0 Å². The fraction of sp³-hybridized carbons (Fsp3) is 0. The lowest BCUT2D eigenvalue weighted by molar-refractivity contribution is 1.18. The van der Waals surface area contributed by atoms with E-state index in [0.29, 0.717) is 0 Å². The lowest BCUT2D eigenvalue weighted by Gasteiger charge is -2.39. The van der Waals surface area contributed by atoms with E-state index in [1.54, 1.807) is 0 Å². The van der Waals surface area contributed by atoms with Crippen LogP contribution in [0.3, 0.4) is 0 Å². The minimum Gasteiger partial charge on any atom is -0.309 e. The van der Waals surface area contributed by atoms with Gasteiger partial charge in [-0.3, -0.25) is 0 Å². The molecule has 8 aromatic carbocycles. The SMILES string of the molecule is c1ccc(-n2c3ccccc3c3cc(-c4ccc5c(c4)-c4cccc6ccc7c(c46)N5c4cccc5cccc-7c45)ccc32)cc1. The molecule has 0 spiro atoms. The third-order valence-corrected chi connectivity index (χ3v) is 10.2. The van der Waals surface area contributed by atoms with Crippen molar-refractivity contribution >= 4 is 60.4 Å². The maximum Gasteiger partial charge on any atom is 0.0625 e. The lowest BCUT2D eigenvalue weighted by atomic mass is 9.82. The van der Waals surface area contributed by atoms with Crippen molar-refractivity contribution in [1.29, 1.82) is 0 Å². The van der Waals surface area contributed by atoms with E-state index < -0.39 is 0 Å². The molecule has 0 unspecified atom stereocenters. The van der Waals surface area contributed by atoms with E-state index in [1.165, 1.54) is 99.5 Å². The third kappa shape index (κ3) is 3.05. The molecule has 0 fully saturated rings. The Balaban J connectivity index is 1.17. The Morgan fingerprint density at radius 2 is 1.07 bits per heavy atom. The fourth-order valence-electron chi connectivity index (χ4n) is 8.27. The number of nitrogens with zero attached hydrogens (tertiary/aromatic N) is 2. The van der Waals surface area contributed by atoms with Gasteiger partial charge in [0.15, 0.2) is 0 Å². The van der Waals surface area contributed by atoms with Crippen molar-refractivity contribution in [3.63, 3.8) is 0 Å². The Labute approximate surface area is 266 Å². The van der Waals surface area contributed by atoms with Gasteiger partial charge in [0.1, 0.15) is 0 Å². The van der Waals surface area contributed by atoms with Gasteiger partial charge in [0.25, 0.3) is 0 Å². The summed E-state index contributed by atoms with van der Waals surface area (Å²) in [6.07, 6.45) is 0. The largest absolute Gasteiger partial charge is 0.309 e. The first-order valence-corrected chi connectivity index (χ1v) is 15.9. The van der Waals surface area contributed by atoms with Crippen LogP contribution in [-0.2, 0) is 0 Å². The number of hydrogen-bond acceptors (Lipinski definition) is 1. The number of aromatic nitrogens is 1. The lowest BCUT2D eigenvalue weighted by Crippen LogP contribution is -2.19. The van der Waals surface area contributed by atoms with Gasteiger partial charge in [-0.05, 0) is 81.6 Å². The summed E-state index contributed by atoms with van der Waals surface area (Å²) in [4.78, 5) is 2.52. The summed E-state index contributed by atoms with van der Waals surface area (Å²) in [6, 6.07) is 58.3. The summed E-state index contributed by atoms with van der Waals surface area (Å²) in [5, 5.41) is 7.75. The van der Waals surface area contributed by atoms with Crippen molar-refractivity contribution in [2.75, 3.05) is 4.90 Å². The normalized spacial score (nSPS) is 12.7. The van der Waals surface area contributed by atoms with Crippen molar-refractivity contribution in [2.45, 2.75) is 0 Å². The van der Waals surface area contributed by atoms with Gasteiger partial charge in [0.05, 0.1) is 28.1 Å². The highest BCUT2D eigenvalue weighted by Gasteiger charge is 2.33. The van der Waals surface area contributed by atoms with Crippen LogP contribution in [-0.4, -0.2) is 4.57 Å². The van der Waals surface area contributed by atoms with Crippen LogP contribution in [0.4, 0.5) is 17.1 Å². The van der Waals surface area contributed by atoms with Crippen LogP contribution in [0.5, 0.6) is 0 Å². The first-order chi connectivity index (χ1) is 22.8. The number of hydrogen-bond donors (Lipinski definition) is 0. The van der Waals surface area contributed by atoms with Gasteiger partial charge in [-0.2, -0.15) is 0 Å². The Morgan fingerprint density at radius 1 is 0.370 bits per heavy atom. The van der Waals surface area contributed by atoms with Gasteiger partial charge >= 0.3 is 0 Å². The average molecular weight is 583 g/mol. The molecule has 0 saturated carbocycles. The van der Waals surface area contributed by atoms with Crippen molar-refractivity contribution in [3.8, 4) is 39.1 Å². The van der Waals surface area contributed by atoms with Crippen LogP contribution in [0.1, 0.15) is 0 Å².